The van der Waals surface area contributed by atoms with Crippen molar-refractivity contribution in [3.63, 3.8) is 0 Å². The highest BCUT2D eigenvalue weighted by Gasteiger charge is 2.40. The van der Waals surface area contributed by atoms with Gasteiger partial charge in [0.25, 0.3) is 11.8 Å². The molecule has 2 fully saturated rings. The van der Waals surface area contributed by atoms with Crippen molar-refractivity contribution >= 4 is 11.8 Å². The molecule has 2 atom stereocenters. The van der Waals surface area contributed by atoms with Crippen molar-refractivity contribution in [1.29, 1.82) is 0 Å². The summed E-state index contributed by atoms with van der Waals surface area (Å²) in [5.74, 6) is -0.201. The zero-order valence-corrected chi connectivity index (χ0v) is 17.0. The Hall–Kier alpha value is -2.90. The molecule has 30 heavy (non-hydrogen) atoms. The molecule has 1 aromatic carbocycles. The van der Waals surface area contributed by atoms with E-state index >= 15 is 0 Å². The Balaban J connectivity index is 1.36. The number of fused-ring (bicyclic) bond motifs is 3. The third kappa shape index (κ3) is 3.05. The van der Waals surface area contributed by atoms with Crippen LogP contribution in [0.2, 0.25) is 0 Å². The molecule has 0 unspecified atom stereocenters. The summed E-state index contributed by atoms with van der Waals surface area (Å²) < 4.78 is 19.5. The lowest BCUT2D eigenvalue weighted by atomic mass is 9.90. The van der Waals surface area contributed by atoms with Gasteiger partial charge in [-0.15, -0.1) is 0 Å². The second-order valence-electron chi connectivity index (χ2n) is 8.47. The van der Waals surface area contributed by atoms with E-state index < -0.39 is 11.7 Å². The van der Waals surface area contributed by atoms with Crippen LogP contribution in [0.5, 0.6) is 5.75 Å². The molecular weight excluding hydrogens is 387 g/mol. The summed E-state index contributed by atoms with van der Waals surface area (Å²) in [7, 11) is 1.42. The summed E-state index contributed by atoms with van der Waals surface area (Å²) in [6, 6.07) is 4.67. The fraction of sp³-hybridized carbons (Fsp3) is 0.500. The maximum Gasteiger partial charge on any atom is 0.274 e. The first-order valence-electron chi connectivity index (χ1n) is 10.6. The molecule has 1 N–H and O–H groups in total. The molecule has 2 aliphatic heterocycles. The minimum atomic E-state index is -0.606. The number of rotatable bonds is 3. The van der Waals surface area contributed by atoms with Crippen LogP contribution in [-0.2, 0) is 13.0 Å². The number of halogens is 1. The van der Waals surface area contributed by atoms with Gasteiger partial charge in [-0.3, -0.25) is 14.7 Å². The molecule has 8 heteroatoms. The normalized spacial score (nSPS) is 22.7. The molecule has 1 saturated heterocycles. The summed E-state index contributed by atoms with van der Waals surface area (Å²) in [4.78, 5) is 29.7. The molecule has 1 aromatic heterocycles. The van der Waals surface area contributed by atoms with Crippen LogP contribution >= 0.6 is 0 Å². The zero-order valence-electron chi connectivity index (χ0n) is 17.0. The number of benzene rings is 1. The SMILES string of the molecule is COc1cccc(F)c1C(=O)N1CCc2c(C(=O)N3C[C@@H]4CCC[C@H]3C4)n[nH]c2C1. The first-order valence-corrected chi connectivity index (χ1v) is 10.6. The molecule has 3 heterocycles. The highest BCUT2D eigenvalue weighted by atomic mass is 19.1. The average Bonchev–Trinajstić information content (AvgIpc) is 3.32. The van der Waals surface area contributed by atoms with Crippen molar-refractivity contribution in [2.24, 2.45) is 5.92 Å². The van der Waals surface area contributed by atoms with Gasteiger partial charge in [0, 0.05) is 24.7 Å². The molecule has 3 aliphatic rings. The van der Waals surface area contributed by atoms with Crippen molar-refractivity contribution in [3.05, 3.63) is 46.5 Å². The highest BCUT2D eigenvalue weighted by molar-refractivity contribution is 5.98. The van der Waals surface area contributed by atoms with Crippen molar-refractivity contribution in [2.75, 3.05) is 20.2 Å². The summed E-state index contributed by atoms with van der Waals surface area (Å²) in [5.41, 5.74) is 2.04. The van der Waals surface area contributed by atoms with Crippen molar-refractivity contribution in [3.8, 4) is 5.75 Å². The molecule has 0 spiro atoms. The Morgan fingerprint density at radius 2 is 2.13 bits per heavy atom. The fourth-order valence-electron chi connectivity index (χ4n) is 5.23. The predicted molar refractivity (Wildman–Crippen MR) is 107 cm³/mol. The van der Waals surface area contributed by atoms with E-state index in [2.05, 4.69) is 10.2 Å². The van der Waals surface area contributed by atoms with Gasteiger partial charge < -0.3 is 14.5 Å². The molecule has 2 bridgehead atoms. The van der Waals surface area contributed by atoms with E-state index in [1.54, 1.807) is 11.0 Å². The number of hydrogen-bond donors (Lipinski definition) is 1. The maximum atomic E-state index is 14.3. The molecule has 2 aromatic rings. The van der Waals surface area contributed by atoms with Gasteiger partial charge in [0.15, 0.2) is 5.69 Å². The Morgan fingerprint density at radius 3 is 2.93 bits per heavy atom. The van der Waals surface area contributed by atoms with Crippen molar-refractivity contribution in [2.45, 2.75) is 44.7 Å². The summed E-state index contributed by atoms with van der Waals surface area (Å²) >= 11 is 0. The molecule has 1 aliphatic carbocycles. The Kier molecular flexibility index (Phi) is 4.72. The first kappa shape index (κ1) is 19.1. The van der Waals surface area contributed by atoms with Crippen LogP contribution < -0.4 is 4.74 Å². The number of nitrogens with one attached hydrogen (secondary N) is 1. The lowest BCUT2D eigenvalue weighted by molar-refractivity contribution is 0.0721. The molecular formula is C22H25FN4O3. The first-order chi connectivity index (χ1) is 14.6. The maximum absolute atomic E-state index is 14.3. The minimum absolute atomic E-state index is 0.00236. The molecule has 1 saturated carbocycles. The van der Waals surface area contributed by atoms with Crippen LogP contribution in [0.3, 0.4) is 0 Å². The van der Waals surface area contributed by atoms with Crippen LogP contribution in [0.15, 0.2) is 18.2 Å². The third-order valence-corrected chi connectivity index (χ3v) is 6.74. The number of ether oxygens (including phenoxy) is 1. The van der Waals surface area contributed by atoms with E-state index in [-0.39, 0.29) is 23.8 Å². The van der Waals surface area contributed by atoms with Crippen LogP contribution in [0.4, 0.5) is 4.39 Å². The number of methoxy groups -OCH3 is 1. The van der Waals surface area contributed by atoms with Gasteiger partial charge in [0.2, 0.25) is 0 Å². The number of amides is 2. The lowest BCUT2D eigenvalue weighted by Gasteiger charge is -2.28. The number of carbonyl (C=O) groups excluding carboxylic acids is 2. The van der Waals surface area contributed by atoms with E-state index in [9.17, 15) is 14.0 Å². The Bertz CT molecular complexity index is 1000. The monoisotopic (exact) mass is 412 g/mol. The summed E-state index contributed by atoms with van der Waals surface area (Å²) in [5, 5.41) is 7.27. The number of aromatic amines is 1. The van der Waals surface area contributed by atoms with Gasteiger partial charge in [-0.25, -0.2) is 4.39 Å². The van der Waals surface area contributed by atoms with Crippen molar-refractivity contribution < 1.29 is 18.7 Å². The largest absolute Gasteiger partial charge is 0.496 e. The molecule has 2 amide bonds. The lowest BCUT2D eigenvalue weighted by Crippen LogP contribution is -2.38. The van der Waals surface area contributed by atoms with Crippen LogP contribution in [0.1, 0.15) is 57.8 Å². The summed E-state index contributed by atoms with van der Waals surface area (Å²) in [6.45, 7) is 1.48. The number of nitrogens with zero attached hydrogens (tertiary/aromatic N) is 3. The molecule has 0 radical (unpaired) electrons. The summed E-state index contributed by atoms with van der Waals surface area (Å²) in [6.07, 6.45) is 5.08. The van der Waals surface area contributed by atoms with Gasteiger partial charge in [0.05, 0.1) is 19.3 Å². The predicted octanol–water partition coefficient (Wildman–Crippen LogP) is 2.77. The molecule has 5 rings (SSSR count). The van der Waals surface area contributed by atoms with Gasteiger partial charge >= 0.3 is 0 Å². The van der Waals surface area contributed by atoms with Crippen LogP contribution in [0, 0.1) is 11.7 Å². The standard InChI is InChI=1S/C22H25FN4O3/c1-30-18-7-3-6-16(23)19(18)21(28)26-9-8-15-17(12-26)24-25-20(15)22(29)27-11-13-4-2-5-14(27)10-13/h3,6-7,13-14H,2,4-5,8-12H2,1H3,(H,24,25)/t13-,14+/m1/s1. The van der Waals surface area contributed by atoms with E-state index in [1.165, 1.54) is 32.1 Å². The van der Waals surface area contributed by atoms with Gasteiger partial charge in [-0.2, -0.15) is 5.10 Å². The molecule has 158 valence electrons. The number of likely N-dealkylation sites (tertiary alicyclic amines) is 1. The Morgan fingerprint density at radius 1 is 1.27 bits per heavy atom. The van der Waals surface area contributed by atoms with Gasteiger partial charge in [-0.05, 0) is 43.7 Å². The number of H-pyrrole nitrogens is 1. The number of carbonyl (C=O) groups is 2. The minimum Gasteiger partial charge on any atom is -0.496 e. The molecule has 7 nitrogen and oxygen atoms in total. The van der Waals surface area contributed by atoms with E-state index in [0.29, 0.717) is 30.6 Å². The third-order valence-electron chi connectivity index (χ3n) is 6.74. The van der Waals surface area contributed by atoms with E-state index in [1.807, 2.05) is 4.90 Å². The van der Waals surface area contributed by atoms with E-state index in [4.69, 9.17) is 4.74 Å². The zero-order chi connectivity index (χ0) is 20.8. The smallest absolute Gasteiger partial charge is 0.274 e. The van der Waals surface area contributed by atoms with Crippen LogP contribution in [0.25, 0.3) is 0 Å². The topological polar surface area (TPSA) is 78.5 Å². The van der Waals surface area contributed by atoms with Crippen molar-refractivity contribution in [1.82, 2.24) is 20.0 Å². The fourth-order valence-corrected chi connectivity index (χ4v) is 5.23. The quantitative estimate of drug-likeness (QED) is 0.841. The number of hydrogen-bond acceptors (Lipinski definition) is 4. The van der Waals surface area contributed by atoms with Crippen LogP contribution in [-0.4, -0.2) is 58.1 Å². The van der Waals surface area contributed by atoms with Gasteiger partial charge in [0.1, 0.15) is 17.1 Å². The highest BCUT2D eigenvalue weighted by Crippen LogP contribution is 2.36. The Labute approximate surface area is 174 Å². The second-order valence-corrected chi connectivity index (χ2v) is 8.47. The second kappa shape index (κ2) is 7.41. The number of aromatic nitrogens is 2. The van der Waals surface area contributed by atoms with E-state index in [0.717, 1.165) is 30.6 Å². The average molecular weight is 412 g/mol. The van der Waals surface area contributed by atoms with Gasteiger partial charge in [-0.1, -0.05) is 12.5 Å².